The van der Waals surface area contributed by atoms with Gasteiger partial charge in [0.05, 0.1) is 12.6 Å². The normalized spacial score (nSPS) is 17.3. The molecule has 1 fully saturated rings. The van der Waals surface area contributed by atoms with E-state index >= 15 is 0 Å². The van der Waals surface area contributed by atoms with Crippen LogP contribution in [0.1, 0.15) is 61.0 Å². The summed E-state index contributed by atoms with van der Waals surface area (Å²) in [5.41, 5.74) is 4.87. The molecule has 0 unspecified atom stereocenters. The van der Waals surface area contributed by atoms with E-state index < -0.39 is 23.9 Å². The third kappa shape index (κ3) is 6.80. The Morgan fingerprint density at radius 3 is 2.47 bits per heavy atom. The maximum Gasteiger partial charge on any atom is 0.411 e. The summed E-state index contributed by atoms with van der Waals surface area (Å²) in [5, 5.41) is 0. The van der Waals surface area contributed by atoms with Crippen molar-refractivity contribution in [2.24, 2.45) is 0 Å². The Bertz CT molecular complexity index is 1370. The van der Waals surface area contributed by atoms with Crippen LogP contribution in [-0.4, -0.2) is 44.9 Å². The number of amides is 1. The summed E-state index contributed by atoms with van der Waals surface area (Å²) in [6.45, 7) is 11.4. The van der Waals surface area contributed by atoms with Gasteiger partial charge in [-0.05, 0) is 108 Å². The Hall–Kier alpha value is -3.66. The molecule has 2 atom stereocenters. The summed E-state index contributed by atoms with van der Waals surface area (Å²) in [4.78, 5) is 18.7. The third-order valence-corrected chi connectivity index (χ3v) is 6.40. The number of hydrogen-bond donors (Lipinski definition) is 0. The van der Waals surface area contributed by atoms with Crippen molar-refractivity contribution in [3.63, 3.8) is 0 Å². The Morgan fingerprint density at radius 1 is 1.08 bits per heavy atom. The molecular weight excluding hydrogens is 484 g/mol. The molecule has 5 nitrogen and oxygen atoms in total. The maximum atomic E-state index is 14.5. The molecule has 38 heavy (non-hydrogen) atoms. The fourth-order valence-electron chi connectivity index (χ4n) is 4.74. The van der Waals surface area contributed by atoms with Gasteiger partial charge in [-0.3, -0.25) is 4.90 Å². The van der Waals surface area contributed by atoms with Crippen LogP contribution in [-0.2, 0) is 17.6 Å². The smallest absolute Gasteiger partial charge is 0.411 e. The predicted octanol–water partition coefficient (Wildman–Crippen LogP) is 6.42. The largest absolute Gasteiger partial charge is 0.444 e. The van der Waals surface area contributed by atoms with E-state index in [0.717, 1.165) is 34.0 Å². The molecular formula is C31H35F2N3O2. The lowest BCUT2D eigenvalue weighted by atomic mass is 10.0. The zero-order chi connectivity index (χ0) is 27.6. The van der Waals surface area contributed by atoms with Crippen LogP contribution in [0.5, 0.6) is 0 Å². The average molecular weight is 520 g/mol. The molecule has 4 rings (SSSR count). The van der Waals surface area contributed by atoms with E-state index in [1.807, 2.05) is 13.0 Å². The second-order valence-corrected chi connectivity index (χ2v) is 11.0. The van der Waals surface area contributed by atoms with Crippen LogP contribution in [0.2, 0.25) is 0 Å². The van der Waals surface area contributed by atoms with Crippen molar-refractivity contribution >= 4 is 6.09 Å². The lowest BCUT2D eigenvalue weighted by Crippen LogP contribution is -2.39. The molecule has 1 amide bonds. The molecule has 1 aliphatic heterocycles. The van der Waals surface area contributed by atoms with E-state index in [-0.39, 0.29) is 18.8 Å². The second kappa shape index (κ2) is 11.0. The Kier molecular flexibility index (Phi) is 7.91. The summed E-state index contributed by atoms with van der Waals surface area (Å²) >= 11 is 0. The van der Waals surface area contributed by atoms with E-state index in [4.69, 9.17) is 9.72 Å². The van der Waals surface area contributed by atoms with Crippen molar-refractivity contribution in [2.45, 2.75) is 78.6 Å². The van der Waals surface area contributed by atoms with Gasteiger partial charge < -0.3 is 9.30 Å². The van der Waals surface area contributed by atoms with Gasteiger partial charge in [-0.2, -0.15) is 0 Å². The second-order valence-electron chi connectivity index (χ2n) is 11.0. The van der Waals surface area contributed by atoms with Crippen LogP contribution in [0.15, 0.2) is 42.5 Å². The van der Waals surface area contributed by atoms with Gasteiger partial charge in [0, 0.05) is 29.1 Å². The molecule has 1 saturated heterocycles. The molecule has 3 aromatic rings. The van der Waals surface area contributed by atoms with Gasteiger partial charge >= 0.3 is 6.09 Å². The number of carbonyl (C=O) groups excluding carboxylic acids is 1. The zero-order valence-corrected chi connectivity index (χ0v) is 22.9. The summed E-state index contributed by atoms with van der Waals surface area (Å²) in [6, 6.07) is 12.3. The van der Waals surface area contributed by atoms with E-state index in [9.17, 15) is 13.6 Å². The molecule has 200 valence electrons. The van der Waals surface area contributed by atoms with E-state index in [1.165, 1.54) is 17.0 Å². The van der Waals surface area contributed by atoms with Crippen LogP contribution < -0.4 is 0 Å². The molecule has 0 N–H and O–H groups in total. The number of hydrogen-bond acceptors (Lipinski definition) is 3. The first-order valence-corrected chi connectivity index (χ1v) is 13.0. The fraction of sp³-hybridized carbons (Fsp3) is 0.419. The Labute approximate surface area is 223 Å². The molecule has 3 heterocycles. The number of carbonyl (C=O) groups is 1. The van der Waals surface area contributed by atoms with Crippen molar-refractivity contribution in [2.75, 3.05) is 6.54 Å². The molecule has 2 aromatic heterocycles. The molecule has 0 bridgehead atoms. The molecule has 1 aliphatic rings. The number of ether oxygens (including phenoxy) is 1. The summed E-state index contributed by atoms with van der Waals surface area (Å²) in [7, 11) is 0. The van der Waals surface area contributed by atoms with Crippen molar-refractivity contribution in [1.29, 1.82) is 0 Å². The van der Waals surface area contributed by atoms with Crippen LogP contribution >= 0.6 is 0 Å². The number of likely N-dealkylation sites (tertiary alicyclic amines) is 1. The van der Waals surface area contributed by atoms with Crippen molar-refractivity contribution in [1.82, 2.24) is 14.5 Å². The van der Waals surface area contributed by atoms with E-state index in [1.54, 1.807) is 20.8 Å². The molecule has 7 heteroatoms. The number of halogens is 2. The molecule has 0 radical (unpaired) electrons. The molecule has 1 aromatic carbocycles. The van der Waals surface area contributed by atoms with Crippen molar-refractivity contribution in [3.8, 4) is 17.7 Å². The zero-order valence-electron chi connectivity index (χ0n) is 22.9. The Balaban J connectivity index is 1.50. The SMILES string of the molecule is Cc1cc(CCc2cc(F)cc(C#C[C@@H]3C[C@H](F)CN3C(=O)OC(C)(C)C)c2)nc(-n2c(C)ccc2C)c1. The van der Waals surface area contributed by atoms with Crippen LogP contribution in [0.4, 0.5) is 13.6 Å². The van der Waals surface area contributed by atoms with Crippen molar-refractivity contribution in [3.05, 3.63) is 82.1 Å². The van der Waals surface area contributed by atoms with Gasteiger partial charge in [0.25, 0.3) is 0 Å². The van der Waals surface area contributed by atoms with Gasteiger partial charge in [0.15, 0.2) is 0 Å². The maximum absolute atomic E-state index is 14.5. The number of nitrogens with zero attached hydrogens (tertiary/aromatic N) is 3. The van der Waals surface area contributed by atoms with Gasteiger partial charge in [-0.25, -0.2) is 18.6 Å². The van der Waals surface area contributed by atoms with Crippen LogP contribution in [0.3, 0.4) is 0 Å². The predicted molar refractivity (Wildman–Crippen MR) is 145 cm³/mol. The highest BCUT2D eigenvalue weighted by Gasteiger charge is 2.36. The first-order chi connectivity index (χ1) is 17.9. The minimum Gasteiger partial charge on any atom is -0.444 e. The van der Waals surface area contributed by atoms with Crippen molar-refractivity contribution < 1.29 is 18.3 Å². The number of aromatic nitrogens is 2. The van der Waals surface area contributed by atoms with Gasteiger partial charge in [-0.1, -0.05) is 11.8 Å². The van der Waals surface area contributed by atoms with Gasteiger partial charge in [0.1, 0.15) is 23.4 Å². The first-order valence-electron chi connectivity index (χ1n) is 13.0. The number of aryl methyl sites for hydroxylation is 5. The number of benzene rings is 1. The highest BCUT2D eigenvalue weighted by molar-refractivity contribution is 5.70. The average Bonchev–Trinajstić information content (AvgIpc) is 3.35. The highest BCUT2D eigenvalue weighted by atomic mass is 19.1. The fourth-order valence-corrected chi connectivity index (χ4v) is 4.74. The van der Waals surface area contributed by atoms with E-state index in [2.05, 4.69) is 54.5 Å². The van der Waals surface area contributed by atoms with Gasteiger partial charge in [0.2, 0.25) is 0 Å². The Morgan fingerprint density at radius 2 is 1.79 bits per heavy atom. The summed E-state index contributed by atoms with van der Waals surface area (Å²) in [5.74, 6) is 6.42. The number of alkyl halides is 1. The highest BCUT2D eigenvalue weighted by Crippen LogP contribution is 2.23. The lowest BCUT2D eigenvalue weighted by molar-refractivity contribution is 0.0251. The standard InChI is InChI=1S/C31H35F2N3O2/c1-20-13-27(34-29(14-20)36-21(2)7-8-22(36)3)11-9-23-15-24(17-25(32)16-23)10-12-28-18-26(33)19-35(28)30(37)38-31(4,5)6/h7-8,13-17,26,28H,9,11,18-19H2,1-6H3/t26-,28+/m0/s1. The van der Waals surface area contributed by atoms with Crippen LogP contribution in [0, 0.1) is 38.4 Å². The number of rotatable bonds is 4. The minimum absolute atomic E-state index is 0.0593. The number of pyridine rings is 1. The summed E-state index contributed by atoms with van der Waals surface area (Å²) in [6.07, 6.45) is -0.423. The molecule has 0 saturated carbocycles. The third-order valence-electron chi connectivity index (χ3n) is 6.40. The molecule has 0 aliphatic carbocycles. The monoisotopic (exact) mass is 519 g/mol. The molecule has 0 spiro atoms. The van der Waals surface area contributed by atoms with Crippen LogP contribution in [0.25, 0.3) is 5.82 Å². The quantitative estimate of drug-likeness (QED) is 0.374. The first kappa shape index (κ1) is 27.4. The van der Waals surface area contributed by atoms with Gasteiger partial charge in [-0.15, -0.1) is 0 Å². The summed E-state index contributed by atoms with van der Waals surface area (Å²) < 4.78 is 36.1. The topological polar surface area (TPSA) is 47.4 Å². The minimum atomic E-state index is -1.17. The van der Waals surface area contributed by atoms with E-state index in [0.29, 0.717) is 18.4 Å². The lowest BCUT2D eigenvalue weighted by Gasteiger charge is -2.26.